The molecule has 29 heavy (non-hydrogen) atoms. The average molecular weight is 392 g/mol. The highest BCUT2D eigenvalue weighted by Gasteiger charge is 2.32. The van der Waals surface area contributed by atoms with Crippen molar-refractivity contribution >= 4 is 17.6 Å². The molecule has 1 aliphatic rings. The number of allylic oxidation sites excluding steroid dienone is 1. The van der Waals surface area contributed by atoms with Crippen LogP contribution in [-0.4, -0.2) is 29.3 Å². The summed E-state index contributed by atoms with van der Waals surface area (Å²) in [4.78, 5) is 12.8. The first-order valence-corrected chi connectivity index (χ1v) is 9.00. The molecule has 2 heterocycles. The Hall–Kier alpha value is -3.81. The normalized spacial score (nSPS) is 15.5. The number of fused-ring (bicyclic) bond motifs is 1. The molecule has 148 valence electrons. The van der Waals surface area contributed by atoms with Gasteiger partial charge in [0.05, 0.1) is 31.4 Å². The molecule has 0 saturated heterocycles. The number of nitrogens with one attached hydrogen (secondary N) is 1. The highest BCUT2D eigenvalue weighted by molar-refractivity contribution is 5.72. The summed E-state index contributed by atoms with van der Waals surface area (Å²) in [6.07, 6.45) is 3.76. The van der Waals surface area contributed by atoms with E-state index in [9.17, 15) is 10.1 Å². The van der Waals surface area contributed by atoms with Gasteiger partial charge in [-0.3, -0.25) is 15.2 Å². The van der Waals surface area contributed by atoms with Gasteiger partial charge in [-0.1, -0.05) is 0 Å². The zero-order valence-electron chi connectivity index (χ0n) is 16.2. The second-order valence-electron chi connectivity index (χ2n) is 6.68. The summed E-state index contributed by atoms with van der Waals surface area (Å²) in [7, 11) is 3.20. The van der Waals surface area contributed by atoms with Gasteiger partial charge in [0.15, 0.2) is 11.5 Å². The first-order chi connectivity index (χ1) is 14.0. The summed E-state index contributed by atoms with van der Waals surface area (Å²) in [6.45, 7) is 2.01. The lowest BCUT2D eigenvalue weighted by Crippen LogP contribution is -2.31. The summed E-state index contributed by atoms with van der Waals surface area (Å²) >= 11 is 0. The minimum absolute atomic E-state index is 0.0532. The van der Waals surface area contributed by atoms with Gasteiger partial charge < -0.3 is 14.4 Å². The Kier molecular flexibility index (Phi) is 4.67. The van der Waals surface area contributed by atoms with Gasteiger partial charge in [-0.25, -0.2) is 0 Å². The smallest absolute Gasteiger partial charge is 0.269 e. The third kappa shape index (κ3) is 3.18. The molecule has 8 heteroatoms. The van der Waals surface area contributed by atoms with Crippen molar-refractivity contribution in [2.24, 2.45) is 0 Å². The molecule has 0 bridgehead atoms. The van der Waals surface area contributed by atoms with Crippen molar-refractivity contribution in [1.82, 2.24) is 10.2 Å². The van der Waals surface area contributed by atoms with E-state index in [4.69, 9.17) is 9.47 Å². The third-order valence-electron chi connectivity index (χ3n) is 5.05. The Morgan fingerprint density at radius 1 is 1.10 bits per heavy atom. The Labute approximate surface area is 167 Å². The maximum atomic E-state index is 11.1. The predicted molar refractivity (Wildman–Crippen MR) is 109 cm³/mol. The number of H-pyrrole nitrogens is 1. The molecule has 1 N–H and O–H groups in total. The van der Waals surface area contributed by atoms with E-state index >= 15 is 0 Å². The van der Waals surface area contributed by atoms with Crippen LogP contribution in [0.25, 0.3) is 6.08 Å². The summed E-state index contributed by atoms with van der Waals surface area (Å²) in [5.41, 5.74) is 3.96. The molecule has 1 atom stereocenters. The first kappa shape index (κ1) is 18.5. The summed E-state index contributed by atoms with van der Waals surface area (Å²) in [5.74, 6) is 2.09. The number of aromatic amines is 1. The van der Waals surface area contributed by atoms with E-state index in [1.807, 2.05) is 25.1 Å². The lowest BCUT2D eigenvalue weighted by atomic mass is 9.88. The van der Waals surface area contributed by atoms with E-state index in [1.165, 1.54) is 12.1 Å². The van der Waals surface area contributed by atoms with Crippen LogP contribution >= 0.6 is 0 Å². The predicted octanol–water partition coefficient (Wildman–Crippen LogP) is 4.31. The SMILES string of the molecule is COc1cc2c(cc1OC)C(c1ccc([N+](=O)[O-])cc1)N(c1ccn[nH]1)C(C)=C2. The highest BCUT2D eigenvalue weighted by Crippen LogP contribution is 2.44. The van der Waals surface area contributed by atoms with Gasteiger partial charge in [0, 0.05) is 23.9 Å². The number of hydrogen-bond donors (Lipinski definition) is 1. The first-order valence-electron chi connectivity index (χ1n) is 9.00. The van der Waals surface area contributed by atoms with Gasteiger partial charge in [-0.05, 0) is 54.0 Å². The summed E-state index contributed by atoms with van der Waals surface area (Å²) in [5, 5.41) is 18.2. The molecular formula is C21H20N4O4. The minimum Gasteiger partial charge on any atom is -0.493 e. The number of methoxy groups -OCH3 is 2. The number of nitrogens with zero attached hydrogens (tertiary/aromatic N) is 3. The lowest BCUT2D eigenvalue weighted by Gasteiger charge is -2.38. The van der Waals surface area contributed by atoms with Crippen molar-refractivity contribution in [2.75, 3.05) is 19.1 Å². The van der Waals surface area contributed by atoms with Crippen LogP contribution in [0.3, 0.4) is 0 Å². The highest BCUT2D eigenvalue weighted by atomic mass is 16.6. The molecule has 3 aromatic rings. The van der Waals surface area contributed by atoms with Crippen LogP contribution in [0.4, 0.5) is 11.5 Å². The van der Waals surface area contributed by atoms with Gasteiger partial charge in [-0.15, -0.1) is 0 Å². The van der Waals surface area contributed by atoms with Gasteiger partial charge in [0.2, 0.25) is 0 Å². The van der Waals surface area contributed by atoms with Crippen molar-refractivity contribution < 1.29 is 14.4 Å². The molecule has 2 aromatic carbocycles. The topological polar surface area (TPSA) is 93.5 Å². The van der Waals surface area contributed by atoms with Gasteiger partial charge in [0.25, 0.3) is 5.69 Å². The number of anilines is 1. The second-order valence-corrected chi connectivity index (χ2v) is 6.68. The molecular weight excluding hydrogens is 372 g/mol. The zero-order chi connectivity index (χ0) is 20.5. The number of non-ortho nitro benzene ring substituents is 1. The molecule has 0 fully saturated rings. The molecule has 4 rings (SSSR count). The van der Waals surface area contributed by atoms with Crippen molar-refractivity contribution in [1.29, 1.82) is 0 Å². The number of benzene rings is 2. The monoisotopic (exact) mass is 392 g/mol. The quantitative estimate of drug-likeness (QED) is 0.514. The number of hydrogen-bond acceptors (Lipinski definition) is 6. The molecule has 0 saturated carbocycles. The molecule has 0 aliphatic carbocycles. The van der Waals surface area contributed by atoms with E-state index in [1.54, 1.807) is 32.5 Å². The van der Waals surface area contributed by atoms with E-state index in [-0.39, 0.29) is 11.7 Å². The molecule has 8 nitrogen and oxygen atoms in total. The zero-order valence-corrected chi connectivity index (χ0v) is 16.2. The third-order valence-corrected chi connectivity index (χ3v) is 5.05. The van der Waals surface area contributed by atoms with Crippen molar-refractivity contribution in [2.45, 2.75) is 13.0 Å². The fraction of sp³-hybridized carbons (Fsp3) is 0.190. The van der Waals surface area contributed by atoms with Crippen LogP contribution in [0.2, 0.25) is 0 Å². The van der Waals surface area contributed by atoms with Crippen LogP contribution < -0.4 is 14.4 Å². The Balaban J connectivity index is 1.93. The fourth-order valence-corrected chi connectivity index (χ4v) is 3.73. The van der Waals surface area contributed by atoms with Crippen molar-refractivity contribution in [3.8, 4) is 11.5 Å². The van der Waals surface area contributed by atoms with Crippen LogP contribution in [0.1, 0.15) is 29.7 Å². The largest absolute Gasteiger partial charge is 0.493 e. The lowest BCUT2D eigenvalue weighted by molar-refractivity contribution is -0.384. The van der Waals surface area contributed by atoms with Crippen molar-refractivity contribution in [3.05, 3.63) is 81.2 Å². The molecule has 0 spiro atoms. The van der Waals surface area contributed by atoms with E-state index < -0.39 is 4.92 Å². The standard InChI is InChI=1S/C21H20N4O4/c1-13-10-15-11-18(28-2)19(29-3)12-17(15)21(24(13)20-8-9-22-23-20)14-4-6-16(7-5-14)25(26)27/h4-12,21H,1-3H3,(H,22,23). The fourth-order valence-electron chi connectivity index (χ4n) is 3.73. The van der Waals surface area contributed by atoms with Crippen molar-refractivity contribution in [3.63, 3.8) is 0 Å². The maximum Gasteiger partial charge on any atom is 0.269 e. The van der Waals surface area contributed by atoms with Crippen LogP contribution in [0, 0.1) is 10.1 Å². The van der Waals surface area contributed by atoms with Gasteiger partial charge in [-0.2, -0.15) is 5.10 Å². The van der Waals surface area contributed by atoms with E-state index in [0.29, 0.717) is 11.5 Å². The number of ether oxygens (including phenoxy) is 2. The Morgan fingerprint density at radius 3 is 2.38 bits per heavy atom. The summed E-state index contributed by atoms with van der Waals surface area (Å²) < 4.78 is 11.0. The Bertz CT molecular complexity index is 1070. The van der Waals surface area contributed by atoms with Crippen LogP contribution in [-0.2, 0) is 0 Å². The van der Waals surface area contributed by atoms with Gasteiger partial charge in [0.1, 0.15) is 5.82 Å². The van der Waals surface area contributed by atoms with E-state index in [0.717, 1.165) is 28.2 Å². The van der Waals surface area contributed by atoms with Crippen LogP contribution in [0.15, 0.2) is 54.4 Å². The average Bonchev–Trinajstić information content (AvgIpc) is 3.26. The molecule has 1 unspecified atom stereocenters. The van der Waals surface area contributed by atoms with Crippen LogP contribution in [0.5, 0.6) is 11.5 Å². The number of nitro groups is 1. The molecule has 0 amide bonds. The number of aromatic nitrogens is 2. The Morgan fingerprint density at radius 2 is 1.79 bits per heavy atom. The maximum absolute atomic E-state index is 11.1. The summed E-state index contributed by atoms with van der Waals surface area (Å²) in [6, 6.07) is 12.2. The molecule has 1 aromatic heterocycles. The van der Waals surface area contributed by atoms with E-state index in [2.05, 4.69) is 21.2 Å². The molecule has 1 aliphatic heterocycles. The van der Waals surface area contributed by atoms with Gasteiger partial charge >= 0.3 is 0 Å². The molecule has 0 radical (unpaired) electrons. The second kappa shape index (κ2) is 7.31. The number of rotatable bonds is 5. The number of nitro benzene ring substituents is 1. The minimum atomic E-state index is -0.399.